The second-order valence-corrected chi connectivity index (χ2v) is 6.76. The van der Waals surface area contributed by atoms with Crippen molar-refractivity contribution in [2.75, 3.05) is 19.6 Å². The van der Waals surface area contributed by atoms with E-state index in [9.17, 15) is 0 Å². The number of nitrogens with zero attached hydrogens (tertiary/aromatic N) is 1. The Morgan fingerprint density at radius 2 is 1.95 bits per heavy atom. The number of hydrogen-bond donors (Lipinski definition) is 1. The number of benzene rings is 1. The zero-order valence-electron chi connectivity index (χ0n) is 12.8. The molecule has 0 amide bonds. The first kappa shape index (κ1) is 14.1. The minimum Gasteiger partial charge on any atom is -0.310 e. The Hall–Kier alpha value is -0.860. The predicted molar refractivity (Wildman–Crippen MR) is 85.0 cm³/mol. The molecule has 1 aromatic carbocycles. The predicted octanol–water partition coefficient (Wildman–Crippen LogP) is 3.23. The summed E-state index contributed by atoms with van der Waals surface area (Å²) in [5.74, 6) is 0. The van der Waals surface area contributed by atoms with Gasteiger partial charge in [-0.05, 0) is 44.7 Å². The van der Waals surface area contributed by atoms with Crippen LogP contribution >= 0.6 is 0 Å². The molecule has 2 aliphatic rings. The van der Waals surface area contributed by atoms with Gasteiger partial charge in [0.1, 0.15) is 0 Å². The van der Waals surface area contributed by atoms with E-state index in [2.05, 4.69) is 47.5 Å². The number of rotatable bonds is 3. The SMILES string of the molecule is CC1CCNC2(CCCC2)CN1CCc1ccccc1. The van der Waals surface area contributed by atoms with Crippen molar-refractivity contribution in [3.8, 4) is 0 Å². The minimum atomic E-state index is 0.432. The number of hydrogen-bond acceptors (Lipinski definition) is 2. The standard InChI is InChI=1S/C18H28N2/c1-16-9-13-19-18(11-5-6-12-18)15-20(16)14-10-17-7-3-2-4-8-17/h2-4,7-8,16,19H,5-6,9-15H2,1H3. The largest absolute Gasteiger partial charge is 0.310 e. The maximum absolute atomic E-state index is 3.87. The summed E-state index contributed by atoms with van der Waals surface area (Å²) in [6, 6.07) is 11.6. The highest BCUT2D eigenvalue weighted by atomic mass is 15.2. The number of nitrogens with one attached hydrogen (secondary N) is 1. The summed E-state index contributed by atoms with van der Waals surface area (Å²) in [5.41, 5.74) is 1.90. The fourth-order valence-corrected chi connectivity index (χ4v) is 3.93. The molecule has 1 saturated heterocycles. The first-order chi connectivity index (χ1) is 9.77. The van der Waals surface area contributed by atoms with Gasteiger partial charge in [0.05, 0.1) is 0 Å². The van der Waals surface area contributed by atoms with E-state index in [-0.39, 0.29) is 0 Å². The normalized spacial score (nSPS) is 26.8. The molecule has 1 unspecified atom stereocenters. The highest BCUT2D eigenvalue weighted by Crippen LogP contribution is 2.32. The molecular weight excluding hydrogens is 244 g/mol. The topological polar surface area (TPSA) is 15.3 Å². The average molecular weight is 272 g/mol. The molecule has 1 spiro atoms. The highest BCUT2D eigenvalue weighted by molar-refractivity contribution is 5.15. The minimum absolute atomic E-state index is 0.432. The van der Waals surface area contributed by atoms with Gasteiger partial charge in [-0.3, -0.25) is 4.90 Å². The Morgan fingerprint density at radius 3 is 2.70 bits per heavy atom. The van der Waals surface area contributed by atoms with Gasteiger partial charge in [-0.25, -0.2) is 0 Å². The van der Waals surface area contributed by atoms with Crippen LogP contribution in [0.4, 0.5) is 0 Å². The van der Waals surface area contributed by atoms with E-state index >= 15 is 0 Å². The van der Waals surface area contributed by atoms with Crippen LogP contribution in [0.5, 0.6) is 0 Å². The molecule has 2 nitrogen and oxygen atoms in total. The van der Waals surface area contributed by atoms with Crippen LogP contribution in [0.15, 0.2) is 30.3 Å². The maximum Gasteiger partial charge on any atom is 0.0308 e. The van der Waals surface area contributed by atoms with Gasteiger partial charge < -0.3 is 5.32 Å². The zero-order chi connectivity index (χ0) is 13.8. The van der Waals surface area contributed by atoms with Gasteiger partial charge in [-0.15, -0.1) is 0 Å². The van der Waals surface area contributed by atoms with Crippen molar-refractivity contribution in [3.05, 3.63) is 35.9 Å². The third-order valence-corrected chi connectivity index (χ3v) is 5.28. The maximum atomic E-state index is 3.87. The summed E-state index contributed by atoms with van der Waals surface area (Å²) in [4.78, 5) is 2.73. The van der Waals surface area contributed by atoms with Gasteiger partial charge in [-0.1, -0.05) is 43.2 Å². The van der Waals surface area contributed by atoms with Crippen molar-refractivity contribution in [2.45, 2.75) is 57.0 Å². The molecule has 1 aliphatic carbocycles. The molecule has 0 radical (unpaired) electrons. The van der Waals surface area contributed by atoms with Gasteiger partial charge in [0.25, 0.3) is 0 Å². The lowest BCUT2D eigenvalue weighted by Gasteiger charge is -2.35. The van der Waals surface area contributed by atoms with E-state index in [0.29, 0.717) is 11.6 Å². The van der Waals surface area contributed by atoms with Crippen LogP contribution in [0, 0.1) is 0 Å². The summed E-state index contributed by atoms with van der Waals surface area (Å²) in [5, 5.41) is 3.87. The third-order valence-electron chi connectivity index (χ3n) is 5.28. The first-order valence-electron chi connectivity index (χ1n) is 8.30. The molecule has 1 heterocycles. The molecule has 110 valence electrons. The van der Waals surface area contributed by atoms with E-state index in [1.807, 2.05) is 0 Å². The van der Waals surface area contributed by atoms with Crippen molar-refractivity contribution in [1.29, 1.82) is 0 Å². The Labute approximate surface area is 123 Å². The lowest BCUT2D eigenvalue weighted by molar-refractivity contribution is 0.170. The summed E-state index contributed by atoms with van der Waals surface area (Å²) >= 11 is 0. The van der Waals surface area contributed by atoms with E-state index in [1.54, 1.807) is 0 Å². The Kier molecular flexibility index (Phi) is 4.42. The lowest BCUT2D eigenvalue weighted by Crippen LogP contribution is -2.50. The monoisotopic (exact) mass is 272 g/mol. The summed E-state index contributed by atoms with van der Waals surface area (Å²) in [7, 11) is 0. The Balaban J connectivity index is 1.63. The van der Waals surface area contributed by atoms with Crippen LogP contribution in [0.2, 0.25) is 0 Å². The Bertz CT molecular complexity index is 409. The molecule has 2 fully saturated rings. The summed E-state index contributed by atoms with van der Waals surface area (Å²) in [6.45, 7) is 6.05. The second-order valence-electron chi connectivity index (χ2n) is 6.76. The molecule has 0 bridgehead atoms. The van der Waals surface area contributed by atoms with Gasteiger partial charge in [0.15, 0.2) is 0 Å². The molecule has 2 heteroatoms. The zero-order valence-corrected chi connectivity index (χ0v) is 12.8. The molecule has 1 atom stereocenters. The van der Waals surface area contributed by atoms with Crippen LogP contribution < -0.4 is 5.32 Å². The van der Waals surface area contributed by atoms with Gasteiger partial charge >= 0.3 is 0 Å². The van der Waals surface area contributed by atoms with Crippen LogP contribution in [0.1, 0.15) is 44.6 Å². The fraction of sp³-hybridized carbons (Fsp3) is 0.667. The molecular formula is C18H28N2. The van der Waals surface area contributed by atoms with Crippen molar-refractivity contribution >= 4 is 0 Å². The second kappa shape index (κ2) is 6.28. The van der Waals surface area contributed by atoms with E-state index in [0.717, 1.165) is 0 Å². The van der Waals surface area contributed by atoms with Crippen molar-refractivity contribution in [3.63, 3.8) is 0 Å². The summed E-state index contributed by atoms with van der Waals surface area (Å²) in [6.07, 6.45) is 8.04. The molecule has 1 aromatic rings. The summed E-state index contributed by atoms with van der Waals surface area (Å²) < 4.78 is 0. The first-order valence-corrected chi connectivity index (χ1v) is 8.30. The third kappa shape index (κ3) is 3.24. The Morgan fingerprint density at radius 1 is 1.20 bits per heavy atom. The molecule has 3 rings (SSSR count). The average Bonchev–Trinajstić information content (AvgIpc) is 2.86. The van der Waals surface area contributed by atoms with Gasteiger partial charge in [0, 0.05) is 24.7 Å². The van der Waals surface area contributed by atoms with Gasteiger partial charge in [0.2, 0.25) is 0 Å². The van der Waals surface area contributed by atoms with E-state index in [4.69, 9.17) is 0 Å². The van der Waals surface area contributed by atoms with Crippen molar-refractivity contribution in [1.82, 2.24) is 10.2 Å². The molecule has 1 saturated carbocycles. The van der Waals surface area contributed by atoms with E-state index in [1.165, 1.54) is 63.7 Å². The molecule has 1 aliphatic heterocycles. The molecule has 1 N–H and O–H groups in total. The van der Waals surface area contributed by atoms with Crippen LogP contribution in [-0.2, 0) is 6.42 Å². The molecule has 0 aromatic heterocycles. The smallest absolute Gasteiger partial charge is 0.0308 e. The van der Waals surface area contributed by atoms with Crippen LogP contribution in [0.3, 0.4) is 0 Å². The lowest BCUT2D eigenvalue weighted by atomic mass is 9.96. The fourth-order valence-electron chi connectivity index (χ4n) is 3.93. The van der Waals surface area contributed by atoms with E-state index < -0.39 is 0 Å². The highest BCUT2D eigenvalue weighted by Gasteiger charge is 2.37. The van der Waals surface area contributed by atoms with Crippen LogP contribution in [-0.4, -0.2) is 36.1 Å². The molecule has 20 heavy (non-hydrogen) atoms. The quantitative estimate of drug-likeness (QED) is 0.909. The van der Waals surface area contributed by atoms with Gasteiger partial charge in [-0.2, -0.15) is 0 Å². The van der Waals surface area contributed by atoms with Crippen molar-refractivity contribution < 1.29 is 0 Å². The van der Waals surface area contributed by atoms with Crippen molar-refractivity contribution in [2.24, 2.45) is 0 Å². The van der Waals surface area contributed by atoms with Crippen LogP contribution in [0.25, 0.3) is 0 Å².